The molecule has 4 heterocycles. The molecule has 4 aliphatic rings. The highest BCUT2D eigenvalue weighted by Gasteiger charge is 2.43. The Morgan fingerprint density at radius 3 is 1.57 bits per heavy atom. The highest BCUT2D eigenvalue weighted by Crippen LogP contribution is 2.49. The van der Waals surface area contributed by atoms with Crippen molar-refractivity contribution < 1.29 is 28.6 Å². The molecule has 7 rings (SSSR count). The van der Waals surface area contributed by atoms with Crippen LogP contribution in [0.4, 0.5) is 14.4 Å². The Bertz CT molecular complexity index is 2170. The number of thioether (sulfide) groups is 2. The second-order valence-corrected chi connectivity index (χ2v) is 23.9. The predicted molar refractivity (Wildman–Crippen MR) is 301 cm³/mol. The first-order valence-corrected chi connectivity index (χ1v) is 27.2. The lowest BCUT2D eigenvalue weighted by molar-refractivity contribution is 0.0172. The summed E-state index contributed by atoms with van der Waals surface area (Å²) < 4.78 is 18.3. The van der Waals surface area contributed by atoms with Crippen LogP contribution in [0.15, 0.2) is 120 Å². The summed E-state index contributed by atoms with van der Waals surface area (Å²) in [5.41, 5.74) is 3.07. The van der Waals surface area contributed by atoms with Crippen molar-refractivity contribution in [3.63, 3.8) is 0 Å². The molecule has 0 aromatic heterocycles. The van der Waals surface area contributed by atoms with Crippen molar-refractivity contribution >= 4 is 97.9 Å². The van der Waals surface area contributed by atoms with Gasteiger partial charge in [0.15, 0.2) is 0 Å². The maximum absolute atomic E-state index is 12.2. The highest BCUT2D eigenvalue weighted by atomic mass is 79.9. The third-order valence-electron chi connectivity index (χ3n) is 10.5. The molecular weight excluding hydrogens is 1080 g/mol. The Morgan fingerprint density at radius 2 is 1.13 bits per heavy atom. The summed E-state index contributed by atoms with van der Waals surface area (Å²) in [5.74, 6) is 2.67. The van der Waals surface area contributed by atoms with Crippen molar-refractivity contribution in [3.05, 3.63) is 111 Å². The van der Waals surface area contributed by atoms with Crippen LogP contribution in [0.25, 0.3) is 0 Å². The van der Waals surface area contributed by atoms with E-state index in [-0.39, 0.29) is 31.1 Å². The quantitative estimate of drug-likeness (QED) is 0.0690. The maximum Gasteiger partial charge on any atom is 0.410 e. The molecule has 9 nitrogen and oxygen atoms in total. The minimum atomic E-state index is -0.434. The number of hydrogen-bond acceptors (Lipinski definition) is 9. The number of piperidine rings is 1. The maximum atomic E-state index is 12.2. The number of fused-ring (bicyclic) bond motifs is 2. The number of benzene rings is 3. The van der Waals surface area contributed by atoms with E-state index in [0.29, 0.717) is 25.5 Å². The number of ether oxygens (including phenoxy) is 3. The number of amides is 3. The van der Waals surface area contributed by atoms with Crippen LogP contribution in [0.1, 0.15) is 101 Å². The van der Waals surface area contributed by atoms with Crippen molar-refractivity contribution in [2.24, 2.45) is 0 Å². The number of terminal acetylenes is 1. The average molecular weight is 1150 g/mol. The summed E-state index contributed by atoms with van der Waals surface area (Å²) in [6.07, 6.45) is 15.4. The molecule has 3 aromatic rings. The Hall–Kier alpha value is -3.19. The van der Waals surface area contributed by atoms with Crippen molar-refractivity contribution in [2.75, 3.05) is 56.7 Å². The fourth-order valence-corrected chi connectivity index (χ4v) is 10.8. The molecule has 0 N–H and O–H groups in total. The van der Waals surface area contributed by atoms with Gasteiger partial charge in [-0.05, 0) is 156 Å². The van der Waals surface area contributed by atoms with Crippen LogP contribution in [-0.2, 0) is 19.6 Å². The molecule has 0 aliphatic carbocycles. The van der Waals surface area contributed by atoms with Gasteiger partial charge in [-0.3, -0.25) is 0 Å². The number of likely N-dealkylation sites (tertiary alicyclic amines) is 1. The summed E-state index contributed by atoms with van der Waals surface area (Å²) in [7, 11) is 0. The molecule has 1 saturated heterocycles. The van der Waals surface area contributed by atoms with Crippen LogP contribution in [0.2, 0.25) is 0 Å². The van der Waals surface area contributed by atoms with Gasteiger partial charge in [0.2, 0.25) is 0 Å². The van der Waals surface area contributed by atoms with Crippen molar-refractivity contribution in [3.8, 4) is 12.8 Å². The normalized spacial score (nSPS) is 16.0. The van der Waals surface area contributed by atoms with E-state index in [0.717, 1.165) is 70.7 Å². The zero-order chi connectivity index (χ0) is 50.7. The standard InChI is InChI=1S/C17H22BrNO2S.C17H23NO2S.C11H18ClNO2.C6H5BrS.C2H2.CH4/c1-17(2,3)21-16(20)19-10-8-13(9-11-19)12-22-15-7-5-4-6-14(15)18;1-16(2,3)20-15(19)18-10-8-17(9-11-18)12-21-14-7-5-4-6-13(14)17;1-11(2,3)15-10(14)13-6-4-9(8-12)5-7-13;7-5-3-1-2-4-6(5)8;1-2;/h4-8H,9-12H2,1-3H3;4-7H,8-12H2,1-3H3;4H,5-8H2,1-3H3;1-4,8H;1-2H;1H4. The van der Waals surface area contributed by atoms with E-state index < -0.39 is 16.8 Å². The Morgan fingerprint density at radius 1 is 0.681 bits per heavy atom. The molecule has 3 amide bonds. The molecule has 3 aromatic carbocycles. The molecule has 15 heteroatoms. The number of carbonyl (C=O) groups excluding carboxylic acids is 3. The molecule has 380 valence electrons. The van der Waals surface area contributed by atoms with Gasteiger partial charge < -0.3 is 28.9 Å². The zero-order valence-corrected chi connectivity index (χ0v) is 47.6. The van der Waals surface area contributed by atoms with Crippen LogP contribution in [0, 0.1) is 12.8 Å². The molecule has 69 heavy (non-hydrogen) atoms. The van der Waals surface area contributed by atoms with Gasteiger partial charge in [-0.2, -0.15) is 0 Å². The number of rotatable bonds is 4. The molecule has 0 atom stereocenters. The lowest BCUT2D eigenvalue weighted by Crippen LogP contribution is -2.47. The van der Waals surface area contributed by atoms with Crippen LogP contribution in [-0.4, -0.2) is 106 Å². The van der Waals surface area contributed by atoms with Crippen LogP contribution in [0.3, 0.4) is 0 Å². The van der Waals surface area contributed by atoms with Gasteiger partial charge in [0, 0.05) is 85.7 Å². The number of hydrogen-bond donors (Lipinski definition) is 1. The SMILES string of the molecule is C.C#C.CC(C)(C)OC(=O)N1CC=C(CCl)CC1.CC(C)(C)OC(=O)N1CC=C(CSc2ccccc2Br)CC1.CC(C)(C)OC(=O)N1CCC2(CC1)CSc1ccccc12.Sc1ccccc1Br. The summed E-state index contributed by atoms with van der Waals surface area (Å²) in [5, 5.41) is 0. The van der Waals surface area contributed by atoms with Crippen LogP contribution in [0.5, 0.6) is 0 Å². The molecule has 0 saturated carbocycles. The van der Waals surface area contributed by atoms with Gasteiger partial charge in [0.05, 0.1) is 0 Å². The Balaban J connectivity index is 0.000000325. The fraction of sp³-hybridized carbons (Fsp3) is 0.500. The molecule has 4 aliphatic heterocycles. The summed E-state index contributed by atoms with van der Waals surface area (Å²) in [4.78, 5) is 44.8. The third kappa shape index (κ3) is 22.0. The van der Waals surface area contributed by atoms with Gasteiger partial charge in [0.25, 0.3) is 0 Å². The van der Waals surface area contributed by atoms with E-state index in [9.17, 15) is 14.4 Å². The largest absolute Gasteiger partial charge is 0.444 e. The van der Waals surface area contributed by atoms with Gasteiger partial charge in [-0.15, -0.1) is 60.6 Å². The van der Waals surface area contributed by atoms with Crippen LogP contribution >= 0.6 is 79.6 Å². The van der Waals surface area contributed by atoms with E-state index in [2.05, 4.69) is 99.8 Å². The Labute approximate surface area is 450 Å². The molecule has 1 fully saturated rings. The lowest BCUT2D eigenvalue weighted by Gasteiger charge is -2.39. The molecule has 1 spiro atoms. The minimum Gasteiger partial charge on any atom is -0.444 e. The first kappa shape index (κ1) is 61.9. The van der Waals surface area contributed by atoms with Gasteiger partial charge in [0.1, 0.15) is 16.8 Å². The molecule has 0 radical (unpaired) electrons. The molecule has 0 unspecified atom stereocenters. The van der Waals surface area contributed by atoms with Gasteiger partial charge >= 0.3 is 18.3 Å². The number of halogens is 3. The predicted octanol–water partition coefficient (Wildman–Crippen LogP) is 15.6. The summed E-state index contributed by atoms with van der Waals surface area (Å²) in [6.45, 7) is 21.3. The molecule has 0 bridgehead atoms. The van der Waals surface area contributed by atoms with Crippen molar-refractivity contribution in [1.82, 2.24) is 14.7 Å². The third-order valence-corrected chi connectivity index (χ3v) is 15.7. The van der Waals surface area contributed by atoms with Gasteiger partial charge in [-0.1, -0.05) is 73.2 Å². The number of nitrogens with zero attached hydrogens (tertiary/aromatic N) is 3. The van der Waals surface area contributed by atoms with Crippen LogP contribution < -0.4 is 0 Å². The first-order valence-electron chi connectivity index (χ1n) is 22.7. The average Bonchev–Trinajstić information content (AvgIpc) is 3.64. The summed E-state index contributed by atoms with van der Waals surface area (Å²) >= 11 is 20.5. The minimum absolute atomic E-state index is 0. The first-order chi connectivity index (χ1) is 32.0. The second kappa shape index (κ2) is 29.4. The second-order valence-electron chi connectivity index (χ2n) is 19.4. The van der Waals surface area contributed by atoms with E-state index in [4.69, 9.17) is 25.8 Å². The zero-order valence-electron chi connectivity index (χ0n) is 41.1. The smallest absolute Gasteiger partial charge is 0.410 e. The topological polar surface area (TPSA) is 88.6 Å². The van der Waals surface area contributed by atoms with Crippen molar-refractivity contribution in [1.29, 1.82) is 0 Å². The molecular formula is C54H74Br2ClN3O6S3. The monoisotopic (exact) mass is 1150 g/mol. The fourth-order valence-electron chi connectivity index (χ4n) is 7.03. The Kier molecular flexibility index (Phi) is 26.3. The highest BCUT2D eigenvalue weighted by molar-refractivity contribution is 9.10. The van der Waals surface area contributed by atoms with E-state index in [1.54, 1.807) is 9.80 Å². The number of thiol groups is 1. The van der Waals surface area contributed by atoms with E-state index >= 15 is 0 Å². The number of alkyl halides is 1. The number of carbonyl (C=O) groups is 3. The van der Waals surface area contributed by atoms with Crippen molar-refractivity contribution in [2.45, 2.75) is 132 Å². The summed E-state index contributed by atoms with van der Waals surface area (Å²) in [6, 6.07) is 24.8. The van der Waals surface area contributed by atoms with E-state index in [1.807, 2.05) is 133 Å². The lowest BCUT2D eigenvalue weighted by atomic mass is 9.74. The van der Waals surface area contributed by atoms with Gasteiger partial charge in [-0.25, -0.2) is 14.4 Å². The van der Waals surface area contributed by atoms with E-state index in [1.165, 1.54) is 26.5 Å².